The number of aryl methyl sites for hydroxylation is 4. The summed E-state index contributed by atoms with van der Waals surface area (Å²) in [7, 11) is 0. The molecule has 6 rings (SSSR count). The van der Waals surface area contributed by atoms with E-state index in [9.17, 15) is 0 Å². The minimum Gasteiger partial charge on any atom is -0.337 e. The van der Waals surface area contributed by atoms with Crippen LogP contribution in [0.2, 0.25) is 0 Å². The Hall–Kier alpha value is -5.50. The standard InChI is InChI=1S/C34H32N8/c1-21-13-5-9-17-25(21)35-29-30(36-26-18-10-6-14-22(26)2)40-33(39-29)34-41-31(37-27-19-11-7-15-23(27)3)32(42-34)38-28-20-12-8-16-24(28)4/h5-20H,1-4H3,(H,35,39)(H,36,40)(H,37,41)(H,38,42). The molecule has 8 nitrogen and oxygen atoms in total. The van der Waals surface area contributed by atoms with Crippen LogP contribution in [0.15, 0.2) is 129 Å². The molecule has 4 aromatic carbocycles. The minimum absolute atomic E-state index is 0.410. The number of nitrogens with zero attached hydrogens (tertiary/aromatic N) is 4. The van der Waals surface area contributed by atoms with E-state index in [1.54, 1.807) is 0 Å². The van der Waals surface area contributed by atoms with E-state index >= 15 is 0 Å². The third-order valence-corrected chi connectivity index (χ3v) is 7.11. The first-order chi connectivity index (χ1) is 20.4. The fourth-order valence-electron chi connectivity index (χ4n) is 4.60. The second-order valence-corrected chi connectivity index (χ2v) is 10.2. The van der Waals surface area contributed by atoms with Crippen molar-refractivity contribution in [2.75, 3.05) is 21.3 Å². The van der Waals surface area contributed by atoms with E-state index in [0.29, 0.717) is 35.0 Å². The van der Waals surface area contributed by atoms with Gasteiger partial charge in [-0.15, -0.1) is 0 Å². The van der Waals surface area contributed by atoms with Crippen molar-refractivity contribution in [3.63, 3.8) is 0 Å². The summed E-state index contributed by atoms with van der Waals surface area (Å²) >= 11 is 0. The fourth-order valence-corrected chi connectivity index (χ4v) is 4.60. The molecule has 0 fully saturated rings. The van der Waals surface area contributed by atoms with Gasteiger partial charge in [0.15, 0.2) is 23.3 Å². The summed E-state index contributed by atoms with van der Waals surface area (Å²) in [4.78, 5) is 19.5. The maximum absolute atomic E-state index is 4.88. The molecule has 0 aromatic heterocycles. The Labute approximate surface area is 245 Å². The van der Waals surface area contributed by atoms with E-state index < -0.39 is 0 Å². The number of anilines is 4. The molecule has 0 atom stereocenters. The molecule has 0 unspecified atom stereocenters. The quantitative estimate of drug-likeness (QED) is 0.212. The SMILES string of the molecule is Cc1ccccc1NC1=NC(=C2N=C(Nc3ccccc3C)C(Nc3ccccc3C)=N2)N=C1Nc1ccccc1C. The van der Waals surface area contributed by atoms with Crippen LogP contribution < -0.4 is 21.3 Å². The van der Waals surface area contributed by atoms with Gasteiger partial charge in [0, 0.05) is 22.7 Å². The van der Waals surface area contributed by atoms with Crippen molar-refractivity contribution >= 4 is 46.1 Å². The maximum atomic E-state index is 4.88. The van der Waals surface area contributed by atoms with Gasteiger partial charge in [-0.05, 0) is 74.2 Å². The molecule has 0 bridgehead atoms. The second-order valence-electron chi connectivity index (χ2n) is 10.2. The van der Waals surface area contributed by atoms with Gasteiger partial charge < -0.3 is 21.3 Å². The molecule has 0 amide bonds. The van der Waals surface area contributed by atoms with Gasteiger partial charge in [-0.2, -0.15) is 0 Å². The molecule has 4 N–H and O–H groups in total. The smallest absolute Gasteiger partial charge is 0.202 e. The lowest BCUT2D eigenvalue weighted by atomic mass is 10.2. The summed E-state index contributed by atoms with van der Waals surface area (Å²) in [5.74, 6) is 3.19. The second kappa shape index (κ2) is 11.5. The van der Waals surface area contributed by atoms with Gasteiger partial charge in [-0.1, -0.05) is 72.8 Å². The van der Waals surface area contributed by atoms with Gasteiger partial charge in [-0.3, -0.25) is 0 Å². The number of benzene rings is 4. The number of hydrogen-bond acceptors (Lipinski definition) is 8. The van der Waals surface area contributed by atoms with Crippen LogP contribution in [0.1, 0.15) is 22.3 Å². The van der Waals surface area contributed by atoms with Crippen LogP contribution in [0.25, 0.3) is 0 Å². The summed E-state index contributed by atoms with van der Waals surface area (Å²) in [5.41, 5.74) is 8.19. The Morgan fingerprint density at radius 1 is 0.333 bits per heavy atom. The third-order valence-electron chi connectivity index (χ3n) is 7.11. The van der Waals surface area contributed by atoms with Crippen LogP contribution in [0.3, 0.4) is 0 Å². The third kappa shape index (κ3) is 5.69. The predicted octanol–water partition coefficient (Wildman–Crippen LogP) is 7.42. The lowest BCUT2D eigenvalue weighted by molar-refractivity contribution is 1.12. The van der Waals surface area contributed by atoms with Crippen LogP contribution >= 0.6 is 0 Å². The van der Waals surface area contributed by atoms with Crippen LogP contribution in [-0.4, -0.2) is 23.3 Å². The Balaban J connectivity index is 1.42. The van der Waals surface area contributed by atoms with Crippen LogP contribution in [0.4, 0.5) is 22.7 Å². The summed E-state index contributed by atoms with van der Waals surface area (Å²) in [6, 6.07) is 32.3. The predicted molar refractivity (Wildman–Crippen MR) is 176 cm³/mol. The van der Waals surface area contributed by atoms with E-state index in [-0.39, 0.29) is 0 Å². The van der Waals surface area contributed by atoms with Gasteiger partial charge in [0.25, 0.3) is 0 Å². The van der Waals surface area contributed by atoms with Crippen LogP contribution in [0.5, 0.6) is 0 Å². The summed E-state index contributed by atoms with van der Waals surface area (Å²) in [5, 5.41) is 13.9. The Bertz CT molecular complexity index is 1560. The van der Waals surface area contributed by atoms with Crippen molar-refractivity contribution in [3.8, 4) is 0 Å². The van der Waals surface area contributed by atoms with Crippen molar-refractivity contribution in [2.45, 2.75) is 27.7 Å². The number of nitrogens with one attached hydrogen (secondary N) is 4. The molecular weight excluding hydrogens is 520 g/mol. The molecule has 2 aliphatic rings. The molecule has 2 aliphatic heterocycles. The number of para-hydroxylation sites is 4. The Kier molecular flexibility index (Phi) is 7.34. The highest BCUT2D eigenvalue weighted by atomic mass is 15.3. The zero-order chi connectivity index (χ0) is 29.1. The van der Waals surface area contributed by atoms with E-state index in [2.05, 4.69) is 73.2 Å². The first kappa shape index (κ1) is 26.7. The average molecular weight is 553 g/mol. The highest BCUT2D eigenvalue weighted by molar-refractivity contribution is 6.51. The summed E-state index contributed by atoms with van der Waals surface area (Å²) in [6.45, 7) is 8.23. The molecule has 0 aliphatic carbocycles. The van der Waals surface area contributed by atoms with Crippen molar-refractivity contribution in [3.05, 3.63) is 131 Å². The first-order valence-corrected chi connectivity index (χ1v) is 13.8. The summed E-state index contributed by atoms with van der Waals surface area (Å²) in [6.07, 6.45) is 0. The molecule has 0 saturated heterocycles. The topological polar surface area (TPSA) is 97.6 Å². The number of aliphatic imine (C=N–C) groups is 4. The number of rotatable bonds is 4. The summed E-state index contributed by atoms with van der Waals surface area (Å²) < 4.78 is 0. The van der Waals surface area contributed by atoms with E-state index in [1.165, 1.54) is 0 Å². The minimum atomic E-state index is 0.410. The molecule has 4 aromatic rings. The molecule has 0 spiro atoms. The molecule has 42 heavy (non-hydrogen) atoms. The highest BCUT2D eigenvalue weighted by Gasteiger charge is 2.26. The van der Waals surface area contributed by atoms with E-state index in [0.717, 1.165) is 45.0 Å². The zero-order valence-corrected chi connectivity index (χ0v) is 24.0. The van der Waals surface area contributed by atoms with Gasteiger partial charge in [0.1, 0.15) is 0 Å². The zero-order valence-electron chi connectivity index (χ0n) is 24.0. The number of amidine groups is 4. The Morgan fingerprint density at radius 2 is 0.548 bits per heavy atom. The van der Waals surface area contributed by atoms with Gasteiger partial charge in [0.2, 0.25) is 11.6 Å². The van der Waals surface area contributed by atoms with Crippen molar-refractivity contribution < 1.29 is 0 Å². The van der Waals surface area contributed by atoms with E-state index in [4.69, 9.17) is 20.0 Å². The van der Waals surface area contributed by atoms with Crippen LogP contribution in [0, 0.1) is 27.7 Å². The highest BCUT2D eigenvalue weighted by Crippen LogP contribution is 2.26. The molecule has 8 heteroatoms. The van der Waals surface area contributed by atoms with Gasteiger partial charge in [-0.25, -0.2) is 20.0 Å². The van der Waals surface area contributed by atoms with E-state index in [1.807, 2.05) is 72.8 Å². The monoisotopic (exact) mass is 552 g/mol. The van der Waals surface area contributed by atoms with Crippen molar-refractivity contribution in [2.24, 2.45) is 20.0 Å². The fraction of sp³-hybridized carbons (Fsp3) is 0.118. The van der Waals surface area contributed by atoms with Gasteiger partial charge in [0.05, 0.1) is 0 Å². The molecule has 0 radical (unpaired) electrons. The molecular formula is C34H32N8. The lowest BCUT2D eigenvalue weighted by Crippen LogP contribution is -2.27. The largest absolute Gasteiger partial charge is 0.337 e. The Morgan fingerprint density at radius 3 is 0.762 bits per heavy atom. The van der Waals surface area contributed by atoms with Crippen molar-refractivity contribution in [1.82, 2.24) is 0 Å². The molecule has 208 valence electrons. The van der Waals surface area contributed by atoms with Crippen LogP contribution in [-0.2, 0) is 0 Å². The maximum Gasteiger partial charge on any atom is 0.202 e. The van der Waals surface area contributed by atoms with Crippen molar-refractivity contribution in [1.29, 1.82) is 0 Å². The molecule has 0 saturated carbocycles. The molecule has 2 heterocycles. The lowest BCUT2D eigenvalue weighted by Gasteiger charge is -2.13. The number of hydrogen-bond donors (Lipinski definition) is 4. The average Bonchev–Trinajstić information content (AvgIpc) is 3.57. The van der Waals surface area contributed by atoms with Gasteiger partial charge >= 0.3 is 0 Å². The normalized spacial score (nSPS) is 14.2. The first-order valence-electron chi connectivity index (χ1n) is 13.8.